The zero-order valence-electron chi connectivity index (χ0n) is 12.7. The Hall–Kier alpha value is -2.04. The van der Waals surface area contributed by atoms with Gasteiger partial charge in [-0.1, -0.05) is 0 Å². The van der Waals surface area contributed by atoms with E-state index < -0.39 is 0 Å². The van der Waals surface area contributed by atoms with Gasteiger partial charge in [0, 0.05) is 25.2 Å². The van der Waals surface area contributed by atoms with Crippen LogP contribution in [-0.4, -0.2) is 33.9 Å². The third-order valence-electron chi connectivity index (χ3n) is 3.22. The first-order valence-corrected chi connectivity index (χ1v) is 7.02. The van der Waals surface area contributed by atoms with Gasteiger partial charge in [-0.25, -0.2) is 4.99 Å². The molecule has 0 atom stereocenters. The maximum Gasteiger partial charge on any atom is 0.193 e. The van der Waals surface area contributed by atoms with Crippen molar-refractivity contribution in [3.63, 3.8) is 0 Å². The molecule has 0 saturated carbocycles. The Morgan fingerprint density at radius 3 is 2.87 bits per heavy atom. The van der Waals surface area contributed by atoms with Crippen molar-refractivity contribution in [3.05, 3.63) is 30.4 Å². The first-order chi connectivity index (χ1) is 10.7. The quantitative estimate of drug-likeness (QED) is 0.435. The van der Waals surface area contributed by atoms with Crippen LogP contribution in [0.2, 0.25) is 0 Å². The van der Waals surface area contributed by atoms with Crippen molar-refractivity contribution in [2.75, 3.05) is 18.5 Å². The van der Waals surface area contributed by atoms with E-state index in [9.17, 15) is 0 Å². The lowest BCUT2D eigenvalue weighted by Crippen LogP contribution is -2.22. The highest BCUT2D eigenvalue weighted by atomic mass is 127. The van der Waals surface area contributed by atoms with Crippen LogP contribution < -0.4 is 20.5 Å². The lowest BCUT2D eigenvalue weighted by molar-refractivity contribution is 0.297. The fourth-order valence-corrected chi connectivity index (χ4v) is 2.03. The van der Waals surface area contributed by atoms with Gasteiger partial charge in [0.05, 0.1) is 13.2 Å². The second-order valence-corrected chi connectivity index (χ2v) is 4.90. The minimum atomic E-state index is 0. The maximum absolute atomic E-state index is 5.89. The molecular formula is C14H19IN6O2. The molecule has 0 radical (unpaired) electrons. The summed E-state index contributed by atoms with van der Waals surface area (Å²) in [7, 11) is 1.86. The number of halogens is 1. The summed E-state index contributed by atoms with van der Waals surface area (Å²) in [4.78, 5) is 4.24. The molecule has 0 spiro atoms. The van der Waals surface area contributed by atoms with E-state index in [4.69, 9.17) is 15.2 Å². The van der Waals surface area contributed by atoms with E-state index in [1.165, 1.54) is 0 Å². The summed E-state index contributed by atoms with van der Waals surface area (Å²) >= 11 is 0. The highest BCUT2D eigenvalue weighted by molar-refractivity contribution is 14.0. The number of rotatable bonds is 3. The normalized spacial score (nSPS) is 13.9. The Balaban J connectivity index is 0.00000192. The third kappa shape index (κ3) is 4.47. The van der Waals surface area contributed by atoms with Crippen LogP contribution in [-0.2, 0) is 13.6 Å². The largest absolute Gasteiger partial charge is 0.490 e. The van der Waals surface area contributed by atoms with E-state index in [1.54, 1.807) is 10.9 Å². The van der Waals surface area contributed by atoms with E-state index >= 15 is 0 Å². The van der Waals surface area contributed by atoms with E-state index in [2.05, 4.69) is 20.5 Å². The molecule has 2 heterocycles. The van der Waals surface area contributed by atoms with E-state index in [-0.39, 0.29) is 24.0 Å². The van der Waals surface area contributed by atoms with Crippen LogP contribution >= 0.6 is 24.0 Å². The molecule has 8 nitrogen and oxygen atoms in total. The predicted octanol–water partition coefficient (Wildman–Crippen LogP) is 1.52. The number of aryl methyl sites for hydroxylation is 1. The Bertz CT molecular complexity index is 688. The molecule has 1 aromatic heterocycles. The molecule has 23 heavy (non-hydrogen) atoms. The molecule has 3 rings (SSSR count). The number of nitrogens with two attached hydrogens (primary N) is 1. The van der Waals surface area contributed by atoms with Crippen LogP contribution in [0.3, 0.4) is 0 Å². The molecule has 1 aliphatic heterocycles. The van der Waals surface area contributed by atoms with Crippen molar-refractivity contribution < 1.29 is 9.47 Å². The molecule has 3 N–H and O–H groups in total. The molecule has 2 aromatic rings. The fraction of sp³-hybridized carbons (Fsp3) is 0.357. The van der Waals surface area contributed by atoms with Crippen LogP contribution in [0.15, 0.2) is 29.5 Å². The summed E-state index contributed by atoms with van der Waals surface area (Å²) in [5, 5.41) is 10.8. The number of benzene rings is 1. The summed E-state index contributed by atoms with van der Waals surface area (Å²) in [6, 6.07) is 5.59. The van der Waals surface area contributed by atoms with Crippen molar-refractivity contribution in [2.45, 2.75) is 13.0 Å². The number of nitrogens with one attached hydrogen (secondary N) is 1. The van der Waals surface area contributed by atoms with Gasteiger partial charge < -0.3 is 25.1 Å². The van der Waals surface area contributed by atoms with Crippen molar-refractivity contribution in [1.29, 1.82) is 0 Å². The van der Waals surface area contributed by atoms with E-state index in [0.29, 0.717) is 31.5 Å². The SMILES string of the molecule is Cn1cnnc1CN=C(N)Nc1ccc2c(c1)OCCCO2.I. The third-order valence-corrected chi connectivity index (χ3v) is 3.22. The molecule has 0 aliphatic carbocycles. The number of hydrogen-bond acceptors (Lipinski definition) is 5. The summed E-state index contributed by atoms with van der Waals surface area (Å²) in [5.74, 6) is 2.50. The van der Waals surface area contributed by atoms with Gasteiger partial charge in [0.2, 0.25) is 0 Å². The number of guanidine groups is 1. The fourth-order valence-electron chi connectivity index (χ4n) is 2.03. The van der Waals surface area contributed by atoms with Crippen molar-refractivity contribution in [1.82, 2.24) is 14.8 Å². The van der Waals surface area contributed by atoms with E-state index in [1.807, 2.05) is 25.2 Å². The minimum absolute atomic E-state index is 0. The number of fused-ring (bicyclic) bond motifs is 1. The monoisotopic (exact) mass is 430 g/mol. The van der Waals surface area contributed by atoms with Crippen molar-refractivity contribution >= 4 is 35.6 Å². The van der Waals surface area contributed by atoms with Gasteiger partial charge in [0.1, 0.15) is 12.9 Å². The molecule has 0 fully saturated rings. The molecule has 1 aromatic carbocycles. The molecule has 1 aliphatic rings. The summed E-state index contributed by atoms with van der Waals surface area (Å²) in [6.07, 6.45) is 2.50. The highest BCUT2D eigenvalue weighted by Crippen LogP contribution is 2.32. The average Bonchev–Trinajstić information content (AvgIpc) is 2.78. The molecule has 0 amide bonds. The number of anilines is 1. The Morgan fingerprint density at radius 1 is 1.35 bits per heavy atom. The summed E-state index contributed by atoms with van der Waals surface area (Å²) in [5.41, 5.74) is 6.68. The summed E-state index contributed by atoms with van der Waals surface area (Å²) < 4.78 is 13.0. The topological polar surface area (TPSA) is 99.6 Å². The van der Waals surface area contributed by atoms with Crippen molar-refractivity contribution in [2.24, 2.45) is 17.8 Å². The number of nitrogens with zero attached hydrogens (tertiary/aromatic N) is 4. The number of aromatic nitrogens is 3. The van der Waals surface area contributed by atoms with Gasteiger partial charge >= 0.3 is 0 Å². The molecule has 0 unspecified atom stereocenters. The van der Waals surface area contributed by atoms with Crippen LogP contribution in [0.1, 0.15) is 12.2 Å². The Morgan fingerprint density at radius 2 is 2.13 bits per heavy atom. The highest BCUT2D eigenvalue weighted by Gasteiger charge is 2.10. The van der Waals surface area contributed by atoms with Gasteiger partial charge in [-0.2, -0.15) is 0 Å². The second-order valence-electron chi connectivity index (χ2n) is 4.90. The molecule has 0 bridgehead atoms. The smallest absolute Gasteiger partial charge is 0.193 e. The zero-order chi connectivity index (χ0) is 15.4. The van der Waals surface area contributed by atoms with Crippen LogP contribution in [0.25, 0.3) is 0 Å². The van der Waals surface area contributed by atoms with Crippen LogP contribution in [0, 0.1) is 0 Å². The number of aliphatic imine (C=N–C) groups is 1. The maximum atomic E-state index is 5.89. The minimum Gasteiger partial charge on any atom is -0.490 e. The predicted molar refractivity (Wildman–Crippen MR) is 97.4 cm³/mol. The number of hydrogen-bond donors (Lipinski definition) is 2. The van der Waals surface area contributed by atoms with Crippen LogP contribution in [0.4, 0.5) is 5.69 Å². The molecule has 9 heteroatoms. The lowest BCUT2D eigenvalue weighted by atomic mass is 10.3. The van der Waals surface area contributed by atoms with Crippen LogP contribution in [0.5, 0.6) is 11.5 Å². The first-order valence-electron chi connectivity index (χ1n) is 7.02. The average molecular weight is 430 g/mol. The van der Waals surface area contributed by atoms with Gasteiger partial charge in [-0.3, -0.25) is 0 Å². The van der Waals surface area contributed by atoms with Gasteiger partial charge in [-0.05, 0) is 12.1 Å². The van der Waals surface area contributed by atoms with Crippen molar-refractivity contribution in [3.8, 4) is 11.5 Å². The molecular weight excluding hydrogens is 411 g/mol. The van der Waals surface area contributed by atoms with E-state index in [0.717, 1.165) is 23.7 Å². The lowest BCUT2D eigenvalue weighted by Gasteiger charge is -2.10. The molecule has 0 saturated heterocycles. The Labute approximate surface area is 151 Å². The van der Waals surface area contributed by atoms with Gasteiger partial charge in [0.25, 0.3) is 0 Å². The Kier molecular flexibility index (Phi) is 6.02. The van der Waals surface area contributed by atoms with Gasteiger partial charge in [0.15, 0.2) is 23.3 Å². The summed E-state index contributed by atoms with van der Waals surface area (Å²) in [6.45, 7) is 1.67. The molecule has 124 valence electrons. The standard InChI is InChI=1S/C14H18N6O2.HI/c1-20-9-17-19-13(20)8-16-14(15)18-10-3-4-11-12(7-10)22-6-2-5-21-11;/h3-4,7,9H,2,5-6,8H2,1H3,(H3,15,16,18);1H. The zero-order valence-corrected chi connectivity index (χ0v) is 15.1. The van der Waals surface area contributed by atoms with Gasteiger partial charge in [-0.15, -0.1) is 34.2 Å². The first kappa shape index (κ1) is 17.3. The second kappa shape index (κ2) is 7.99. The number of ether oxygens (including phenoxy) is 2.